The summed E-state index contributed by atoms with van der Waals surface area (Å²) in [5.74, 6) is -0.234. The molecule has 0 unspecified atom stereocenters. The molecule has 0 aliphatic carbocycles. The molecule has 0 aliphatic heterocycles. The molecular weight excluding hydrogens is 535 g/mol. The van der Waals surface area contributed by atoms with Crippen LogP contribution in [0.3, 0.4) is 0 Å². The SMILES string of the molecule is CCOc1cc(C=Nn2c(=O)[nH]c3ccccc3c2=O)c(Br)cc1OCC(=O)Nc1ccc(F)cc1. The number of carbonyl (C=O) groups excluding carboxylic acids is 1. The van der Waals surface area contributed by atoms with Crippen LogP contribution < -0.4 is 26.0 Å². The Morgan fingerprint density at radius 1 is 1.11 bits per heavy atom. The van der Waals surface area contributed by atoms with Crippen LogP contribution in [0.4, 0.5) is 10.1 Å². The van der Waals surface area contributed by atoms with E-state index in [9.17, 15) is 18.8 Å². The first-order valence-electron chi connectivity index (χ1n) is 10.8. The number of fused-ring (bicyclic) bond motifs is 1. The summed E-state index contributed by atoms with van der Waals surface area (Å²) in [5.41, 5.74) is 0.119. The minimum atomic E-state index is -0.678. The van der Waals surface area contributed by atoms with E-state index in [-0.39, 0.29) is 12.4 Å². The zero-order valence-corrected chi connectivity index (χ0v) is 20.5. The van der Waals surface area contributed by atoms with Crippen LogP contribution in [0.5, 0.6) is 11.5 Å². The molecule has 0 saturated carbocycles. The van der Waals surface area contributed by atoms with Crippen molar-refractivity contribution in [3.05, 3.63) is 97.4 Å². The number of ether oxygens (including phenoxy) is 2. The van der Waals surface area contributed by atoms with Crippen molar-refractivity contribution >= 4 is 44.6 Å². The van der Waals surface area contributed by atoms with Gasteiger partial charge in [0.2, 0.25) is 0 Å². The summed E-state index contributed by atoms with van der Waals surface area (Å²) in [5, 5.41) is 7.00. The van der Waals surface area contributed by atoms with E-state index in [4.69, 9.17) is 9.47 Å². The van der Waals surface area contributed by atoms with Crippen molar-refractivity contribution in [1.82, 2.24) is 9.66 Å². The molecule has 0 radical (unpaired) electrons. The third-order valence-electron chi connectivity index (χ3n) is 4.95. The van der Waals surface area contributed by atoms with Gasteiger partial charge in [0.05, 0.1) is 23.7 Å². The first-order chi connectivity index (χ1) is 17.4. The summed E-state index contributed by atoms with van der Waals surface area (Å²) in [4.78, 5) is 39.9. The van der Waals surface area contributed by atoms with E-state index in [1.54, 1.807) is 43.3 Å². The van der Waals surface area contributed by atoms with Crippen LogP contribution in [0.1, 0.15) is 12.5 Å². The maximum Gasteiger partial charge on any atom is 0.349 e. The average Bonchev–Trinajstić information content (AvgIpc) is 2.86. The molecule has 0 aliphatic rings. The predicted molar refractivity (Wildman–Crippen MR) is 138 cm³/mol. The van der Waals surface area contributed by atoms with Crippen molar-refractivity contribution in [3.8, 4) is 11.5 Å². The van der Waals surface area contributed by atoms with Crippen LogP contribution in [0.15, 0.2) is 79.8 Å². The van der Waals surface area contributed by atoms with E-state index in [2.05, 4.69) is 31.3 Å². The van der Waals surface area contributed by atoms with Crippen LogP contribution >= 0.6 is 15.9 Å². The molecule has 1 amide bonds. The molecule has 4 aromatic rings. The number of nitrogens with one attached hydrogen (secondary N) is 2. The van der Waals surface area contributed by atoms with Crippen LogP contribution in [-0.4, -0.2) is 35.0 Å². The number of anilines is 1. The van der Waals surface area contributed by atoms with Gasteiger partial charge in [-0.3, -0.25) is 9.59 Å². The van der Waals surface area contributed by atoms with Gasteiger partial charge in [-0.15, -0.1) is 4.68 Å². The first kappa shape index (κ1) is 24.9. The van der Waals surface area contributed by atoms with Gasteiger partial charge >= 0.3 is 5.69 Å². The van der Waals surface area contributed by atoms with E-state index in [1.165, 1.54) is 30.5 Å². The zero-order valence-electron chi connectivity index (χ0n) is 19.0. The topological polar surface area (TPSA) is 115 Å². The molecule has 0 atom stereocenters. The second kappa shape index (κ2) is 11.0. The number of amides is 1. The summed E-state index contributed by atoms with van der Waals surface area (Å²) < 4.78 is 25.6. The first-order valence-corrected chi connectivity index (χ1v) is 11.6. The molecule has 184 valence electrons. The highest BCUT2D eigenvalue weighted by atomic mass is 79.9. The Kier molecular flexibility index (Phi) is 7.59. The van der Waals surface area contributed by atoms with E-state index in [1.807, 2.05) is 0 Å². The number of aromatic amines is 1. The Bertz CT molecular complexity index is 1560. The van der Waals surface area contributed by atoms with Gasteiger partial charge in [-0.1, -0.05) is 12.1 Å². The molecule has 0 bridgehead atoms. The number of hydrogen-bond acceptors (Lipinski definition) is 6. The number of nitrogens with zero attached hydrogens (tertiary/aromatic N) is 2. The van der Waals surface area contributed by atoms with Gasteiger partial charge in [0.25, 0.3) is 11.5 Å². The van der Waals surface area contributed by atoms with Crippen molar-refractivity contribution in [1.29, 1.82) is 0 Å². The summed E-state index contributed by atoms with van der Waals surface area (Å²) in [7, 11) is 0. The van der Waals surface area contributed by atoms with Gasteiger partial charge in [0.15, 0.2) is 18.1 Å². The van der Waals surface area contributed by atoms with Crippen molar-refractivity contribution in [2.45, 2.75) is 6.92 Å². The normalized spacial score (nSPS) is 11.1. The van der Waals surface area contributed by atoms with Crippen LogP contribution in [0.25, 0.3) is 10.9 Å². The minimum Gasteiger partial charge on any atom is -0.490 e. The zero-order chi connectivity index (χ0) is 25.7. The van der Waals surface area contributed by atoms with Crippen molar-refractivity contribution in [2.75, 3.05) is 18.5 Å². The van der Waals surface area contributed by atoms with E-state index in [0.29, 0.717) is 39.0 Å². The maximum atomic E-state index is 13.0. The second-order valence-electron chi connectivity index (χ2n) is 7.43. The second-order valence-corrected chi connectivity index (χ2v) is 8.29. The predicted octanol–water partition coefficient (Wildman–Crippen LogP) is 3.89. The highest BCUT2D eigenvalue weighted by molar-refractivity contribution is 9.10. The van der Waals surface area contributed by atoms with Gasteiger partial charge in [-0.25, -0.2) is 9.18 Å². The summed E-state index contributed by atoms with van der Waals surface area (Å²) in [6, 6.07) is 15.2. The van der Waals surface area contributed by atoms with Crippen LogP contribution in [-0.2, 0) is 4.79 Å². The molecule has 0 saturated heterocycles. The number of rotatable bonds is 8. The molecule has 36 heavy (non-hydrogen) atoms. The number of para-hydroxylation sites is 1. The van der Waals surface area contributed by atoms with E-state index in [0.717, 1.165) is 4.68 Å². The fourth-order valence-corrected chi connectivity index (χ4v) is 3.71. The molecule has 2 N–H and O–H groups in total. The number of benzene rings is 3. The molecule has 3 aromatic carbocycles. The van der Waals surface area contributed by atoms with Gasteiger partial charge in [0, 0.05) is 15.7 Å². The summed E-state index contributed by atoms with van der Waals surface area (Å²) in [6.07, 6.45) is 1.34. The third-order valence-corrected chi connectivity index (χ3v) is 5.63. The summed E-state index contributed by atoms with van der Waals surface area (Å²) in [6.45, 7) is 1.79. The number of hydrogen-bond donors (Lipinski definition) is 2. The number of halogens is 2. The minimum absolute atomic E-state index is 0.288. The smallest absolute Gasteiger partial charge is 0.349 e. The summed E-state index contributed by atoms with van der Waals surface area (Å²) >= 11 is 3.41. The molecule has 9 nitrogen and oxygen atoms in total. The van der Waals surface area contributed by atoms with Crippen molar-refractivity contribution < 1.29 is 18.7 Å². The molecule has 0 spiro atoms. The standard InChI is InChI=1S/C25H20BrFN4O5/c1-2-35-21-11-15(13-28-31-24(33)18-5-3-4-6-20(18)30-25(31)34)19(26)12-22(21)36-14-23(32)29-17-9-7-16(27)8-10-17/h3-13H,2,14H2,1H3,(H,29,32)(H,30,34). The third kappa shape index (κ3) is 5.69. The lowest BCUT2D eigenvalue weighted by Gasteiger charge is -2.14. The highest BCUT2D eigenvalue weighted by Gasteiger charge is 2.13. The van der Waals surface area contributed by atoms with Gasteiger partial charge in [0.1, 0.15) is 5.82 Å². The Morgan fingerprint density at radius 2 is 1.83 bits per heavy atom. The Hall–Kier alpha value is -4.25. The largest absolute Gasteiger partial charge is 0.490 e. The monoisotopic (exact) mass is 554 g/mol. The lowest BCUT2D eigenvalue weighted by molar-refractivity contribution is -0.118. The Morgan fingerprint density at radius 3 is 2.58 bits per heavy atom. The van der Waals surface area contributed by atoms with Crippen LogP contribution in [0.2, 0.25) is 0 Å². The Labute approximate surface area is 212 Å². The van der Waals surface area contributed by atoms with Gasteiger partial charge < -0.3 is 19.8 Å². The quantitative estimate of drug-likeness (QED) is 0.321. The fourth-order valence-electron chi connectivity index (χ4n) is 3.28. The Balaban J connectivity index is 1.55. The molecule has 11 heteroatoms. The molecular formula is C25H20BrFN4O5. The lowest BCUT2D eigenvalue weighted by Crippen LogP contribution is -2.32. The maximum absolute atomic E-state index is 13.0. The van der Waals surface area contributed by atoms with Crippen molar-refractivity contribution in [2.24, 2.45) is 5.10 Å². The number of carbonyl (C=O) groups is 1. The number of H-pyrrole nitrogens is 1. The van der Waals surface area contributed by atoms with E-state index >= 15 is 0 Å². The number of aromatic nitrogens is 2. The van der Waals surface area contributed by atoms with E-state index < -0.39 is 23.0 Å². The molecule has 1 aromatic heterocycles. The molecule has 0 fully saturated rings. The van der Waals surface area contributed by atoms with Crippen molar-refractivity contribution in [3.63, 3.8) is 0 Å². The van der Waals surface area contributed by atoms with Crippen LogP contribution in [0, 0.1) is 5.82 Å². The van der Waals surface area contributed by atoms with Gasteiger partial charge in [-0.2, -0.15) is 5.10 Å². The highest BCUT2D eigenvalue weighted by Crippen LogP contribution is 2.33. The van der Waals surface area contributed by atoms with Gasteiger partial charge in [-0.05, 0) is 71.4 Å². The molecule has 1 heterocycles. The molecule has 4 rings (SSSR count). The fraction of sp³-hybridized carbons (Fsp3) is 0.120. The average molecular weight is 555 g/mol. The lowest BCUT2D eigenvalue weighted by atomic mass is 10.2.